The number of methoxy groups -OCH3 is 1. The van der Waals surface area contributed by atoms with Crippen molar-refractivity contribution >= 4 is 0 Å². The van der Waals surface area contributed by atoms with Crippen LogP contribution in [0.15, 0.2) is 18.3 Å². The van der Waals surface area contributed by atoms with Crippen LogP contribution < -0.4 is 10.1 Å². The Bertz CT molecular complexity index is 361. The van der Waals surface area contributed by atoms with Gasteiger partial charge in [-0.25, -0.2) is 4.98 Å². The zero-order valence-corrected chi connectivity index (χ0v) is 12.7. The molecule has 0 aliphatic rings. The zero-order valence-electron chi connectivity index (χ0n) is 12.7. The molecule has 5 nitrogen and oxygen atoms in total. The molecule has 20 heavy (non-hydrogen) atoms. The maximum Gasteiger partial charge on any atom is 0.213 e. The van der Waals surface area contributed by atoms with Gasteiger partial charge in [-0.05, 0) is 31.5 Å². The predicted octanol–water partition coefficient (Wildman–Crippen LogP) is 2.18. The summed E-state index contributed by atoms with van der Waals surface area (Å²) in [5, 5.41) is 3.37. The van der Waals surface area contributed by atoms with Crippen molar-refractivity contribution in [1.82, 2.24) is 10.3 Å². The molecule has 1 atom stereocenters. The lowest BCUT2D eigenvalue weighted by molar-refractivity contribution is 0.0795. The Balaban J connectivity index is 2.25. The Kier molecular flexibility index (Phi) is 8.95. The zero-order chi connectivity index (χ0) is 14.6. The SMILES string of the molecule is CCNC(C)c1ccnc(OCCOCCCOC)c1. The Labute approximate surface area is 121 Å². The van der Waals surface area contributed by atoms with E-state index in [1.807, 2.05) is 12.1 Å². The molecular weight excluding hydrogens is 256 g/mol. The number of pyridine rings is 1. The summed E-state index contributed by atoms with van der Waals surface area (Å²) in [5.74, 6) is 0.646. The largest absolute Gasteiger partial charge is 0.475 e. The van der Waals surface area contributed by atoms with Crippen LogP contribution in [0.2, 0.25) is 0 Å². The van der Waals surface area contributed by atoms with Gasteiger partial charge in [0.1, 0.15) is 6.61 Å². The molecule has 1 aromatic rings. The highest BCUT2D eigenvalue weighted by molar-refractivity contribution is 5.23. The molecule has 0 aliphatic carbocycles. The van der Waals surface area contributed by atoms with Gasteiger partial charge in [-0.2, -0.15) is 0 Å². The van der Waals surface area contributed by atoms with Gasteiger partial charge >= 0.3 is 0 Å². The van der Waals surface area contributed by atoms with Crippen LogP contribution in [-0.4, -0.2) is 45.1 Å². The molecule has 0 aromatic carbocycles. The van der Waals surface area contributed by atoms with Crippen LogP contribution in [0.25, 0.3) is 0 Å². The van der Waals surface area contributed by atoms with Gasteiger partial charge in [0.05, 0.1) is 6.61 Å². The molecule has 0 saturated carbocycles. The minimum absolute atomic E-state index is 0.302. The van der Waals surface area contributed by atoms with E-state index in [9.17, 15) is 0 Å². The normalized spacial score (nSPS) is 12.3. The summed E-state index contributed by atoms with van der Waals surface area (Å²) in [5.41, 5.74) is 1.18. The average Bonchev–Trinajstić information content (AvgIpc) is 2.47. The van der Waals surface area contributed by atoms with Gasteiger partial charge in [0, 0.05) is 38.6 Å². The molecule has 0 spiro atoms. The predicted molar refractivity (Wildman–Crippen MR) is 79.1 cm³/mol. The highest BCUT2D eigenvalue weighted by atomic mass is 16.5. The molecule has 0 bridgehead atoms. The molecule has 0 fully saturated rings. The van der Waals surface area contributed by atoms with E-state index in [0.717, 1.165) is 19.6 Å². The van der Waals surface area contributed by atoms with Crippen LogP contribution in [0.4, 0.5) is 0 Å². The van der Waals surface area contributed by atoms with Crippen molar-refractivity contribution < 1.29 is 14.2 Å². The molecule has 1 rings (SSSR count). The lowest BCUT2D eigenvalue weighted by atomic mass is 10.1. The van der Waals surface area contributed by atoms with E-state index >= 15 is 0 Å². The van der Waals surface area contributed by atoms with E-state index in [4.69, 9.17) is 14.2 Å². The first kappa shape index (κ1) is 16.9. The third kappa shape index (κ3) is 6.84. The number of rotatable bonds is 11. The summed E-state index contributed by atoms with van der Waals surface area (Å²) in [6.45, 7) is 7.67. The smallest absolute Gasteiger partial charge is 0.213 e. The fourth-order valence-corrected chi connectivity index (χ4v) is 1.81. The first-order chi connectivity index (χ1) is 9.77. The lowest BCUT2D eigenvalue weighted by Crippen LogP contribution is -2.18. The molecule has 1 heterocycles. The first-order valence-electron chi connectivity index (χ1n) is 7.16. The summed E-state index contributed by atoms with van der Waals surface area (Å²) in [7, 11) is 1.69. The number of nitrogens with one attached hydrogen (secondary N) is 1. The third-order valence-corrected chi connectivity index (χ3v) is 2.88. The van der Waals surface area contributed by atoms with Gasteiger partial charge in [-0.15, -0.1) is 0 Å². The second kappa shape index (κ2) is 10.6. The van der Waals surface area contributed by atoms with Gasteiger partial charge in [-0.3, -0.25) is 0 Å². The number of ether oxygens (including phenoxy) is 3. The van der Waals surface area contributed by atoms with E-state index in [1.54, 1.807) is 13.3 Å². The van der Waals surface area contributed by atoms with Crippen LogP contribution in [0.1, 0.15) is 31.9 Å². The maximum atomic E-state index is 5.59. The van der Waals surface area contributed by atoms with Crippen molar-refractivity contribution in [3.05, 3.63) is 23.9 Å². The van der Waals surface area contributed by atoms with Crippen molar-refractivity contribution in [1.29, 1.82) is 0 Å². The minimum atomic E-state index is 0.302. The van der Waals surface area contributed by atoms with Crippen molar-refractivity contribution in [2.75, 3.05) is 40.1 Å². The summed E-state index contributed by atoms with van der Waals surface area (Å²) in [4.78, 5) is 4.20. The van der Waals surface area contributed by atoms with E-state index in [-0.39, 0.29) is 0 Å². The quantitative estimate of drug-likeness (QED) is 0.630. The van der Waals surface area contributed by atoms with Crippen LogP contribution in [0, 0.1) is 0 Å². The third-order valence-electron chi connectivity index (χ3n) is 2.88. The van der Waals surface area contributed by atoms with Crippen molar-refractivity contribution in [3.63, 3.8) is 0 Å². The average molecular weight is 282 g/mol. The molecule has 0 radical (unpaired) electrons. The standard InChI is InChI=1S/C15H26N2O3/c1-4-16-13(2)14-6-7-17-15(12-14)20-11-10-19-9-5-8-18-3/h6-7,12-13,16H,4-5,8-11H2,1-3H3. The summed E-state index contributed by atoms with van der Waals surface area (Å²) >= 11 is 0. The summed E-state index contributed by atoms with van der Waals surface area (Å²) < 4.78 is 16.0. The Morgan fingerprint density at radius 1 is 1.25 bits per heavy atom. The number of nitrogens with zero attached hydrogens (tertiary/aromatic N) is 1. The van der Waals surface area contributed by atoms with Crippen molar-refractivity contribution in [3.8, 4) is 5.88 Å². The molecule has 114 valence electrons. The molecule has 5 heteroatoms. The molecule has 1 unspecified atom stereocenters. The Hall–Kier alpha value is -1.17. The van der Waals surface area contributed by atoms with Crippen LogP contribution in [0.5, 0.6) is 5.88 Å². The van der Waals surface area contributed by atoms with Crippen molar-refractivity contribution in [2.24, 2.45) is 0 Å². The van der Waals surface area contributed by atoms with Crippen LogP contribution in [0.3, 0.4) is 0 Å². The molecule has 0 saturated heterocycles. The molecular formula is C15H26N2O3. The minimum Gasteiger partial charge on any atom is -0.475 e. The Morgan fingerprint density at radius 2 is 2.10 bits per heavy atom. The number of aromatic nitrogens is 1. The molecule has 0 amide bonds. The Morgan fingerprint density at radius 3 is 2.85 bits per heavy atom. The lowest BCUT2D eigenvalue weighted by Gasteiger charge is -2.13. The number of hydrogen-bond acceptors (Lipinski definition) is 5. The second-order valence-corrected chi connectivity index (χ2v) is 4.51. The van der Waals surface area contributed by atoms with Gasteiger partial charge in [-0.1, -0.05) is 6.92 Å². The fraction of sp³-hybridized carbons (Fsp3) is 0.667. The maximum absolute atomic E-state index is 5.59. The van der Waals surface area contributed by atoms with E-state index in [1.165, 1.54) is 5.56 Å². The highest BCUT2D eigenvalue weighted by Gasteiger charge is 2.05. The van der Waals surface area contributed by atoms with Crippen LogP contribution in [-0.2, 0) is 9.47 Å². The van der Waals surface area contributed by atoms with E-state index < -0.39 is 0 Å². The summed E-state index contributed by atoms with van der Waals surface area (Å²) in [6.07, 6.45) is 2.68. The summed E-state index contributed by atoms with van der Waals surface area (Å²) in [6, 6.07) is 4.27. The number of hydrogen-bond donors (Lipinski definition) is 1. The molecule has 0 aliphatic heterocycles. The fourth-order valence-electron chi connectivity index (χ4n) is 1.81. The molecule has 1 N–H and O–H groups in total. The van der Waals surface area contributed by atoms with E-state index in [2.05, 4.69) is 24.1 Å². The van der Waals surface area contributed by atoms with Gasteiger partial charge in [0.2, 0.25) is 5.88 Å². The van der Waals surface area contributed by atoms with Gasteiger partial charge < -0.3 is 19.5 Å². The van der Waals surface area contributed by atoms with Crippen LogP contribution >= 0.6 is 0 Å². The van der Waals surface area contributed by atoms with Gasteiger partial charge in [0.15, 0.2) is 0 Å². The van der Waals surface area contributed by atoms with E-state index in [0.29, 0.717) is 31.7 Å². The monoisotopic (exact) mass is 282 g/mol. The van der Waals surface area contributed by atoms with Gasteiger partial charge in [0.25, 0.3) is 0 Å². The first-order valence-corrected chi connectivity index (χ1v) is 7.16. The molecule has 1 aromatic heterocycles. The topological polar surface area (TPSA) is 52.6 Å². The second-order valence-electron chi connectivity index (χ2n) is 4.51. The van der Waals surface area contributed by atoms with Crippen molar-refractivity contribution in [2.45, 2.75) is 26.3 Å². The highest BCUT2D eigenvalue weighted by Crippen LogP contribution is 2.16.